The first-order valence-electron chi connectivity index (χ1n) is 3.83. The van der Waals surface area contributed by atoms with Crippen LogP contribution in [0.4, 0.5) is 0 Å². The van der Waals surface area contributed by atoms with E-state index in [0.717, 1.165) is 5.69 Å². The molecule has 4 nitrogen and oxygen atoms in total. The Morgan fingerprint density at radius 1 is 1.23 bits per heavy atom. The van der Waals surface area contributed by atoms with Crippen LogP contribution in [0.5, 0.6) is 0 Å². The van der Waals surface area contributed by atoms with Gasteiger partial charge in [-0.25, -0.2) is 4.79 Å². The van der Waals surface area contributed by atoms with Gasteiger partial charge in [-0.2, -0.15) is 0 Å². The fourth-order valence-electron chi connectivity index (χ4n) is 1.26. The minimum Gasteiger partial charge on any atom is -0.478 e. The van der Waals surface area contributed by atoms with Crippen molar-refractivity contribution < 1.29 is 9.90 Å². The summed E-state index contributed by atoms with van der Waals surface area (Å²) in [6, 6.07) is 5.18. The van der Waals surface area contributed by atoms with Gasteiger partial charge in [0.1, 0.15) is 0 Å². The Bertz CT molecular complexity index is 415. The first kappa shape index (κ1) is 7.67. The van der Waals surface area contributed by atoms with Crippen LogP contribution >= 0.6 is 0 Å². The van der Waals surface area contributed by atoms with E-state index >= 15 is 0 Å². The zero-order chi connectivity index (χ0) is 9.26. The molecule has 0 aliphatic heterocycles. The number of aromatic amines is 2. The van der Waals surface area contributed by atoms with Crippen LogP contribution in [0, 0.1) is 0 Å². The summed E-state index contributed by atoms with van der Waals surface area (Å²) in [5, 5.41) is 8.82. The molecule has 0 unspecified atom stereocenters. The molecule has 0 aliphatic rings. The number of hydrogen-bond donors (Lipinski definition) is 3. The Kier molecular flexibility index (Phi) is 1.66. The van der Waals surface area contributed by atoms with Gasteiger partial charge in [-0.3, -0.25) is 0 Å². The second-order valence-electron chi connectivity index (χ2n) is 2.66. The van der Waals surface area contributed by atoms with Crippen molar-refractivity contribution in [2.24, 2.45) is 0 Å². The van der Waals surface area contributed by atoms with Crippen LogP contribution in [0.3, 0.4) is 0 Å². The molecular formula is C9H8N2O2. The molecular weight excluding hydrogens is 168 g/mol. The number of carboxylic acid groups (broad SMARTS) is 1. The van der Waals surface area contributed by atoms with E-state index in [1.165, 1.54) is 0 Å². The average molecular weight is 176 g/mol. The average Bonchev–Trinajstić information content (AvgIpc) is 2.74. The van der Waals surface area contributed by atoms with Crippen LogP contribution in [0.2, 0.25) is 0 Å². The lowest BCUT2D eigenvalue weighted by atomic mass is 10.2. The monoisotopic (exact) mass is 176 g/mol. The second kappa shape index (κ2) is 2.82. The van der Waals surface area contributed by atoms with E-state index in [4.69, 9.17) is 5.11 Å². The van der Waals surface area contributed by atoms with Crippen LogP contribution in [0.25, 0.3) is 11.4 Å². The van der Waals surface area contributed by atoms with E-state index < -0.39 is 5.97 Å². The van der Waals surface area contributed by atoms with E-state index in [0.29, 0.717) is 5.69 Å². The van der Waals surface area contributed by atoms with Gasteiger partial charge in [0.15, 0.2) is 0 Å². The summed E-state index contributed by atoms with van der Waals surface area (Å²) in [5.41, 5.74) is 1.67. The number of nitrogens with one attached hydrogen (secondary N) is 2. The summed E-state index contributed by atoms with van der Waals surface area (Å²) in [7, 11) is 0. The fourth-order valence-corrected chi connectivity index (χ4v) is 1.26. The third-order valence-electron chi connectivity index (χ3n) is 1.84. The topological polar surface area (TPSA) is 68.9 Å². The molecule has 0 fully saturated rings. The number of carboxylic acids is 1. The SMILES string of the molecule is O=C(O)c1cc[nH]c1-c1ccc[nH]1. The number of aromatic carboxylic acids is 1. The first-order valence-corrected chi connectivity index (χ1v) is 3.83. The minimum absolute atomic E-state index is 0.280. The number of carbonyl (C=O) groups is 1. The lowest BCUT2D eigenvalue weighted by molar-refractivity contribution is 0.0698. The maximum atomic E-state index is 10.7. The van der Waals surface area contributed by atoms with Gasteiger partial charge in [-0.1, -0.05) is 0 Å². The van der Waals surface area contributed by atoms with E-state index in [1.807, 2.05) is 12.1 Å². The lowest BCUT2D eigenvalue weighted by Gasteiger charge is -1.95. The normalized spacial score (nSPS) is 10.2. The van der Waals surface area contributed by atoms with Crippen molar-refractivity contribution >= 4 is 5.97 Å². The molecule has 13 heavy (non-hydrogen) atoms. The van der Waals surface area contributed by atoms with E-state index in [-0.39, 0.29) is 5.56 Å². The highest BCUT2D eigenvalue weighted by atomic mass is 16.4. The van der Waals surface area contributed by atoms with Gasteiger partial charge in [0.25, 0.3) is 0 Å². The molecule has 2 aromatic heterocycles. The van der Waals surface area contributed by atoms with Gasteiger partial charge in [-0.15, -0.1) is 0 Å². The van der Waals surface area contributed by atoms with Crippen LogP contribution in [-0.2, 0) is 0 Å². The Hall–Kier alpha value is -1.97. The molecule has 0 spiro atoms. The summed E-state index contributed by atoms with van der Waals surface area (Å²) in [4.78, 5) is 16.6. The fraction of sp³-hybridized carbons (Fsp3) is 0. The molecule has 0 radical (unpaired) electrons. The number of H-pyrrole nitrogens is 2. The van der Waals surface area contributed by atoms with Gasteiger partial charge >= 0.3 is 5.97 Å². The summed E-state index contributed by atoms with van der Waals surface area (Å²) in [6.45, 7) is 0. The standard InChI is InChI=1S/C9H8N2O2/c12-9(13)6-3-5-11-8(6)7-2-1-4-10-7/h1-5,10-11H,(H,12,13). The highest BCUT2D eigenvalue weighted by Gasteiger charge is 2.12. The van der Waals surface area contributed by atoms with Gasteiger partial charge in [0, 0.05) is 12.4 Å². The van der Waals surface area contributed by atoms with Crippen molar-refractivity contribution in [2.75, 3.05) is 0 Å². The van der Waals surface area contributed by atoms with Gasteiger partial charge in [-0.05, 0) is 18.2 Å². The largest absolute Gasteiger partial charge is 0.478 e. The van der Waals surface area contributed by atoms with Crippen LogP contribution in [0.15, 0.2) is 30.6 Å². The molecule has 0 aromatic carbocycles. The third-order valence-corrected chi connectivity index (χ3v) is 1.84. The molecule has 0 saturated carbocycles. The van der Waals surface area contributed by atoms with Crippen LogP contribution in [0.1, 0.15) is 10.4 Å². The quantitative estimate of drug-likeness (QED) is 0.651. The third kappa shape index (κ3) is 1.22. The molecule has 0 saturated heterocycles. The van der Waals surface area contributed by atoms with Crippen molar-refractivity contribution in [1.82, 2.24) is 9.97 Å². The van der Waals surface area contributed by atoms with Crippen molar-refractivity contribution in [2.45, 2.75) is 0 Å². The van der Waals surface area contributed by atoms with E-state index in [9.17, 15) is 4.79 Å². The second-order valence-corrected chi connectivity index (χ2v) is 2.66. The Labute approximate surface area is 74.2 Å². The summed E-state index contributed by atoms with van der Waals surface area (Å²) in [5.74, 6) is -0.925. The summed E-state index contributed by atoms with van der Waals surface area (Å²) >= 11 is 0. The zero-order valence-electron chi connectivity index (χ0n) is 6.74. The number of aromatic nitrogens is 2. The van der Waals surface area contributed by atoms with Gasteiger partial charge in [0.05, 0.1) is 17.0 Å². The molecule has 0 aliphatic carbocycles. The molecule has 2 heterocycles. The molecule has 2 aromatic rings. The summed E-state index contributed by atoms with van der Waals surface area (Å²) in [6.07, 6.45) is 3.36. The molecule has 3 N–H and O–H groups in total. The molecule has 0 bridgehead atoms. The predicted molar refractivity (Wildman–Crippen MR) is 47.5 cm³/mol. The minimum atomic E-state index is -0.925. The smallest absolute Gasteiger partial charge is 0.337 e. The maximum absolute atomic E-state index is 10.7. The van der Waals surface area contributed by atoms with E-state index in [2.05, 4.69) is 9.97 Å². The van der Waals surface area contributed by atoms with Crippen molar-refractivity contribution in [3.8, 4) is 11.4 Å². The Balaban J connectivity index is 2.52. The number of rotatable bonds is 2. The first-order chi connectivity index (χ1) is 6.29. The molecule has 4 heteroatoms. The maximum Gasteiger partial charge on any atom is 0.337 e. The van der Waals surface area contributed by atoms with Crippen molar-refractivity contribution in [3.05, 3.63) is 36.2 Å². The predicted octanol–water partition coefficient (Wildman–Crippen LogP) is 1.71. The summed E-state index contributed by atoms with van der Waals surface area (Å²) < 4.78 is 0. The lowest BCUT2D eigenvalue weighted by Crippen LogP contribution is -1.96. The Morgan fingerprint density at radius 2 is 2.08 bits per heavy atom. The molecule has 66 valence electrons. The highest BCUT2D eigenvalue weighted by Crippen LogP contribution is 2.19. The zero-order valence-corrected chi connectivity index (χ0v) is 6.74. The van der Waals surface area contributed by atoms with Crippen molar-refractivity contribution in [1.29, 1.82) is 0 Å². The van der Waals surface area contributed by atoms with E-state index in [1.54, 1.807) is 18.5 Å². The van der Waals surface area contributed by atoms with Gasteiger partial charge < -0.3 is 15.1 Å². The Morgan fingerprint density at radius 3 is 2.69 bits per heavy atom. The van der Waals surface area contributed by atoms with Crippen LogP contribution in [-0.4, -0.2) is 21.0 Å². The highest BCUT2D eigenvalue weighted by molar-refractivity contribution is 5.94. The van der Waals surface area contributed by atoms with Crippen molar-refractivity contribution in [3.63, 3.8) is 0 Å². The molecule has 0 atom stereocenters. The molecule has 2 rings (SSSR count). The number of hydrogen-bond acceptors (Lipinski definition) is 1. The molecule has 0 amide bonds. The van der Waals surface area contributed by atoms with Crippen LogP contribution < -0.4 is 0 Å². The van der Waals surface area contributed by atoms with Gasteiger partial charge in [0.2, 0.25) is 0 Å².